The number of piperidine rings is 1. The number of hydrogen-bond acceptors (Lipinski definition) is 0. The summed E-state index contributed by atoms with van der Waals surface area (Å²) in [5.41, 5.74) is 0. The van der Waals surface area contributed by atoms with Crippen LogP contribution in [0, 0.1) is 0 Å². The second kappa shape index (κ2) is 11.7. The largest absolute Gasteiger partial charge is 1.00 e. The van der Waals surface area contributed by atoms with E-state index in [2.05, 4.69) is 6.92 Å². The van der Waals surface area contributed by atoms with Crippen LogP contribution in [0.25, 0.3) is 0 Å². The van der Waals surface area contributed by atoms with Crippen molar-refractivity contribution >= 4 is 0 Å². The monoisotopic (exact) mass is 247 g/mol. The quantitative estimate of drug-likeness (QED) is 0.568. The van der Waals surface area contributed by atoms with Gasteiger partial charge in [-0.05, 0) is 32.1 Å². The van der Waals surface area contributed by atoms with Crippen LogP contribution in [0.2, 0.25) is 0 Å². The topological polar surface area (TPSA) is 4.44 Å². The molecule has 98 valence electrons. The van der Waals surface area contributed by atoms with Gasteiger partial charge in [0.25, 0.3) is 0 Å². The van der Waals surface area contributed by atoms with Crippen molar-refractivity contribution in [2.24, 2.45) is 0 Å². The number of rotatable bonds is 8. The van der Waals surface area contributed by atoms with E-state index in [-0.39, 0.29) is 12.4 Å². The SMILES string of the molecule is CCCCCCCCC[NH+]1CCCCC1.[Cl-]. The predicted octanol–water partition coefficient (Wildman–Crippen LogP) is -0.190. The fourth-order valence-corrected chi connectivity index (χ4v) is 2.63. The van der Waals surface area contributed by atoms with E-state index in [1.54, 1.807) is 0 Å². The van der Waals surface area contributed by atoms with Crippen LogP contribution in [0.5, 0.6) is 0 Å². The van der Waals surface area contributed by atoms with Gasteiger partial charge in [-0.1, -0.05) is 39.0 Å². The van der Waals surface area contributed by atoms with Crippen molar-refractivity contribution in [1.82, 2.24) is 0 Å². The van der Waals surface area contributed by atoms with Gasteiger partial charge in [-0.25, -0.2) is 0 Å². The van der Waals surface area contributed by atoms with Crippen LogP contribution in [0.15, 0.2) is 0 Å². The third-order valence-corrected chi connectivity index (χ3v) is 3.69. The fourth-order valence-electron chi connectivity index (χ4n) is 2.63. The van der Waals surface area contributed by atoms with Crippen LogP contribution in [0.4, 0.5) is 0 Å². The average molecular weight is 248 g/mol. The summed E-state index contributed by atoms with van der Waals surface area (Å²) in [7, 11) is 0. The molecule has 1 fully saturated rings. The Bertz CT molecular complexity index is 133. The molecule has 16 heavy (non-hydrogen) atoms. The van der Waals surface area contributed by atoms with Crippen LogP contribution in [0.1, 0.15) is 71.1 Å². The Morgan fingerprint density at radius 3 is 1.94 bits per heavy atom. The number of nitrogens with one attached hydrogen (secondary N) is 1. The summed E-state index contributed by atoms with van der Waals surface area (Å²) < 4.78 is 0. The van der Waals surface area contributed by atoms with Crippen LogP contribution in [0.3, 0.4) is 0 Å². The molecule has 1 saturated heterocycles. The maximum atomic E-state index is 2.29. The lowest BCUT2D eigenvalue weighted by Crippen LogP contribution is -3.12. The number of unbranched alkanes of at least 4 members (excludes halogenated alkanes) is 6. The Morgan fingerprint density at radius 1 is 0.750 bits per heavy atom. The molecule has 1 rings (SSSR count). The van der Waals surface area contributed by atoms with Gasteiger partial charge in [0, 0.05) is 0 Å². The third-order valence-electron chi connectivity index (χ3n) is 3.69. The van der Waals surface area contributed by atoms with Crippen LogP contribution >= 0.6 is 0 Å². The van der Waals surface area contributed by atoms with Crippen molar-refractivity contribution in [3.05, 3.63) is 0 Å². The van der Waals surface area contributed by atoms with E-state index in [4.69, 9.17) is 0 Å². The van der Waals surface area contributed by atoms with Gasteiger partial charge < -0.3 is 17.3 Å². The molecule has 0 aromatic carbocycles. The van der Waals surface area contributed by atoms with E-state index in [1.165, 1.54) is 83.8 Å². The highest BCUT2D eigenvalue weighted by atomic mass is 35.5. The molecule has 1 N–H and O–H groups in total. The van der Waals surface area contributed by atoms with Crippen LogP contribution in [-0.2, 0) is 0 Å². The zero-order valence-corrected chi connectivity index (χ0v) is 11.8. The van der Waals surface area contributed by atoms with Gasteiger partial charge in [0.15, 0.2) is 0 Å². The number of halogens is 1. The van der Waals surface area contributed by atoms with Gasteiger partial charge in [-0.3, -0.25) is 0 Å². The van der Waals surface area contributed by atoms with E-state index in [0.717, 1.165) is 0 Å². The molecule has 0 radical (unpaired) electrons. The van der Waals surface area contributed by atoms with Gasteiger partial charge in [0.05, 0.1) is 19.6 Å². The Labute approximate surface area is 108 Å². The van der Waals surface area contributed by atoms with Gasteiger partial charge in [-0.15, -0.1) is 0 Å². The molecule has 1 aliphatic heterocycles. The molecule has 0 amide bonds. The average Bonchev–Trinajstić information content (AvgIpc) is 2.29. The highest BCUT2D eigenvalue weighted by Gasteiger charge is 2.11. The van der Waals surface area contributed by atoms with Gasteiger partial charge in [0.1, 0.15) is 0 Å². The zero-order valence-electron chi connectivity index (χ0n) is 11.1. The van der Waals surface area contributed by atoms with Gasteiger partial charge in [0.2, 0.25) is 0 Å². The Balaban J connectivity index is 0.00000225. The first-order chi connectivity index (χ1) is 7.43. The maximum absolute atomic E-state index is 2.29. The zero-order chi connectivity index (χ0) is 10.8. The molecule has 0 saturated carbocycles. The summed E-state index contributed by atoms with van der Waals surface area (Å²) in [6.45, 7) is 6.65. The fraction of sp³-hybridized carbons (Fsp3) is 1.00. The molecular formula is C14H30ClN. The molecule has 0 bridgehead atoms. The lowest BCUT2D eigenvalue weighted by molar-refractivity contribution is -0.905. The lowest BCUT2D eigenvalue weighted by atomic mass is 10.1. The normalized spacial score (nSPS) is 17.1. The number of hydrogen-bond donors (Lipinski definition) is 1. The summed E-state index contributed by atoms with van der Waals surface area (Å²) >= 11 is 0. The second-order valence-corrected chi connectivity index (χ2v) is 5.18. The van der Waals surface area contributed by atoms with Crippen molar-refractivity contribution in [3.8, 4) is 0 Å². The molecule has 0 atom stereocenters. The predicted molar refractivity (Wildman–Crippen MR) is 67.4 cm³/mol. The first-order valence-electron chi connectivity index (χ1n) is 7.27. The molecule has 0 aliphatic carbocycles. The molecule has 0 unspecified atom stereocenters. The van der Waals surface area contributed by atoms with Gasteiger partial charge in [-0.2, -0.15) is 0 Å². The van der Waals surface area contributed by atoms with E-state index in [0.29, 0.717) is 0 Å². The van der Waals surface area contributed by atoms with Crippen molar-refractivity contribution < 1.29 is 17.3 Å². The molecule has 1 heterocycles. The summed E-state index contributed by atoms with van der Waals surface area (Å²) in [6, 6.07) is 0. The van der Waals surface area contributed by atoms with Crippen molar-refractivity contribution in [3.63, 3.8) is 0 Å². The molecular weight excluding hydrogens is 218 g/mol. The van der Waals surface area contributed by atoms with Crippen molar-refractivity contribution in [2.75, 3.05) is 19.6 Å². The van der Waals surface area contributed by atoms with E-state index < -0.39 is 0 Å². The smallest absolute Gasteiger partial charge is 0.0770 e. The van der Waals surface area contributed by atoms with Crippen molar-refractivity contribution in [2.45, 2.75) is 71.1 Å². The molecule has 0 spiro atoms. The summed E-state index contributed by atoms with van der Waals surface area (Å²) in [6.07, 6.45) is 14.6. The van der Waals surface area contributed by atoms with E-state index >= 15 is 0 Å². The maximum Gasteiger partial charge on any atom is 0.0770 e. The molecule has 1 nitrogen and oxygen atoms in total. The Morgan fingerprint density at radius 2 is 1.31 bits per heavy atom. The minimum absolute atomic E-state index is 0. The highest BCUT2D eigenvalue weighted by molar-refractivity contribution is 4.48. The summed E-state index contributed by atoms with van der Waals surface area (Å²) in [5, 5.41) is 0. The van der Waals surface area contributed by atoms with E-state index in [1.807, 2.05) is 4.90 Å². The van der Waals surface area contributed by atoms with Crippen LogP contribution < -0.4 is 17.3 Å². The second-order valence-electron chi connectivity index (χ2n) is 5.18. The van der Waals surface area contributed by atoms with Gasteiger partial charge >= 0.3 is 0 Å². The van der Waals surface area contributed by atoms with E-state index in [9.17, 15) is 0 Å². The summed E-state index contributed by atoms with van der Waals surface area (Å²) in [5.74, 6) is 0. The Kier molecular flexibility index (Phi) is 11.9. The van der Waals surface area contributed by atoms with Crippen LogP contribution in [-0.4, -0.2) is 19.6 Å². The minimum Gasteiger partial charge on any atom is -1.00 e. The third kappa shape index (κ3) is 8.41. The van der Waals surface area contributed by atoms with Crippen molar-refractivity contribution in [1.29, 1.82) is 0 Å². The summed E-state index contributed by atoms with van der Waals surface area (Å²) in [4.78, 5) is 1.88. The standard InChI is InChI=1S/C14H29N.ClH/c1-2-3-4-5-6-7-9-12-15-13-10-8-11-14-15;/h2-14H2,1H3;1H. The Hall–Kier alpha value is 0.250. The lowest BCUT2D eigenvalue weighted by Gasteiger charge is -2.23. The highest BCUT2D eigenvalue weighted by Crippen LogP contribution is 2.06. The molecule has 0 aromatic heterocycles. The first-order valence-corrected chi connectivity index (χ1v) is 7.27. The molecule has 1 aliphatic rings. The molecule has 2 heteroatoms. The number of quaternary nitrogens is 1. The minimum atomic E-state index is 0. The first kappa shape index (κ1) is 16.2. The number of likely N-dealkylation sites (tertiary alicyclic amines) is 1. The molecule has 0 aromatic rings.